The molecule has 11 heteroatoms. The Bertz CT molecular complexity index is 2520. The molecule has 2 saturated heterocycles. The van der Waals surface area contributed by atoms with Crippen molar-refractivity contribution in [2.75, 3.05) is 9.80 Å². The topological polar surface area (TPSA) is 142 Å². The minimum absolute atomic E-state index is 0.0566. The van der Waals surface area contributed by atoms with Crippen molar-refractivity contribution in [1.82, 2.24) is 0 Å². The van der Waals surface area contributed by atoms with E-state index in [1.807, 2.05) is 54.6 Å². The average molecular weight is 779 g/mol. The second-order valence-electron chi connectivity index (χ2n) is 15.0. The molecule has 3 fully saturated rings. The third-order valence-electron chi connectivity index (χ3n) is 12.1. The van der Waals surface area contributed by atoms with Crippen LogP contribution in [0.15, 0.2) is 139 Å². The molecule has 57 heavy (non-hydrogen) atoms. The fourth-order valence-corrected chi connectivity index (χ4v) is 9.90. The number of aromatic carboxylic acids is 1. The Labute approximate surface area is 332 Å². The third-order valence-corrected chi connectivity index (χ3v) is 12.3. The van der Waals surface area contributed by atoms with Gasteiger partial charge in [-0.05, 0) is 72.4 Å². The van der Waals surface area contributed by atoms with Gasteiger partial charge in [0.05, 0.1) is 40.1 Å². The predicted molar refractivity (Wildman–Crippen MR) is 211 cm³/mol. The highest BCUT2D eigenvalue weighted by Gasteiger charge is 2.70. The van der Waals surface area contributed by atoms with Crippen molar-refractivity contribution in [2.45, 2.75) is 30.8 Å². The predicted octanol–water partition coefficient (Wildman–Crippen LogP) is 7.69. The Morgan fingerprint density at radius 1 is 0.754 bits per heavy atom. The zero-order valence-corrected chi connectivity index (χ0v) is 31.1. The number of benzene rings is 5. The van der Waals surface area contributed by atoms with Gasteiger partial charge < -0.3 is 14.9 Å². The lowest BCUT2D eigenvalue weighted by molar-refractivity contribution is -0.127. The van der Waals surface area contributed by atoms with Crippen LogP contribution in [0.3, 0.4) is 0 Å². The Balaban J connectivity index is 1.21. The number of ether oxygens (including phenoxy) is 1. The number of rotatable bonds is 8. The molecule has 6 unspecified atom stereocenters. The van der Waals surface area contributed by atoms with E-state index in [1.54, 1.807) is 48.5 Å². The van der Waals surface area contributed by atoms with E-state index in [0.717, 1.165) is 10.5 Å². The lowest BCUT2D eigenvalue weighted by Crippen LogP contribution is -2.53. The molecule has 0 radical (unpaired) electrons. The molecular weight excluding hydrogens is 744 g/mol. The second-order valence-corrected chi connectivity index (χ2v) is 15.4. The van der Waals surface area contributed by atoms with E-state index in [4.69, 9.17) is 16.3 Å². The Kier molecular flexibility index (Phi) is 8.81. The number of phenols is 1. The number of allylic oxidation sites excluding steroid dienone is 2. The number of aromatic hydroxyl groups is 1. The van der Waals surface area contributed by atoms with E-state index in [2.05, 4.69) is 0 Å². The normalized spacial score (nSPS) is 25.1. The number of hydrogen-bond acceptors (Lipinski definition) is 7. The number of carbonyl (C=O) groups excluding carboxylic acids is 4. The fourth-order valence-electron chi connectivity index (χ4n) is 9.72. The molecule has 0 spiro atoms. The number of nitrogens with zero attached hydrogens (tertiary/aromatic N) is 2. The fraction of sp³-hybridized carbons (Fsp3) is 0.196. The first-order valence-electron chi connectivity index (χ1n) is 18.7. The summed E-state index contributed by atoms with van der Waals surface area (Å²) in [6, 6.07) is 35.8. The molecule has 284 valence electrons. The molecule has 2 aliphatic heterocycles. The second kappa shape index (κ2) is 13.9. The summed E-state index contributed by atoms with van der Waals surface area (Å²) in [6.07, 6.45) is 2.11. The number of fused-ring (bicyclic) bond motifs is 4. The molecule has 0 bridgehead atoms. The van der Waals surface area contributed by atoms with Crippen LogP contribution in [0.5, 0.6) is 11.5 Å². The number of anilines is 2. The molecule has 2 aliphatic carbocycles. The van der Waals surface area contributed by atoms with Crippen molar-refractivity contribution in [1.29, 1.82) is 0 Å². The van der Waals surface area contributed by atoms with Crippen LogP contribution in [-0.2, 0) is 31.2 Å². The molecule has 5 aromatic rings. The van der Waals surface area contributed by atoms with Crippen molar-refractivity contribution in [3.8, 4) is 11.5 Å². The van der Waals surface area contributed by atoms with E-state index < -0.39 is 64.6 Å². The van der Waals surface area contributed by atoms with Crippen LogP contribution in [0.1, 0.15) is 45.8 Å². The maximum atomic E-state index is 15.5. The summed E-state index contributed by atoms with van der Waals surface area (Å²) >= 11 is 6.42. The number of carbonyl (C=O) groups is 5. The molecule has 2 N–H and O–H groups in total. The van der Waals surface area contributed by atoms with Gasteiger partial charge in [-0.25, -0.2) is 9.69 Å². The summed E-state index contributed by atoms with van der Waals surface area (Å²) in [5, 5.41) is 22.0. The van der Waals surface area contributed by atoms with Gasteiger partial charge in [-0.2, -0.15) is 0 Å². The lowest BCUT2D eigenvalue weighted by atomic mass is 9.49. The molecule has 9 rings (SSSR count). The van der Waals surface area contributed by atoms with Crippen molar-refractivity contribution in [3.05, 3.63) is 166 Å². The van der Waals surface area contributed by atoms with Gasteiger partial charge in [-0.3, -0.25) is 24.1 Å². The van der Waals surface area contributed by atoms with Gasteiger partial charge in [0.1, 0.15) is 18.1 Å². The third kappa shape index (κ3) is 5.65. The van der Waals surface area contributed by atoms with Crippen LogP contribution in [0.2, 0.25) is 5.02 Å². The van der Waals surface area contributed by atoms with Crippen LogP contribution in [-0.4, -0.2) is 39.8 Å². The molecule has 6 atom stereocenters. The standard InChI is InChI=1S/C46H35ClN2O8/c47-29-14-8-16-31(22-29)49-42(52)37-24-36-33(19-20-35-39(36)43(53)48(41(35)51)30-15-7-11-27(21-30)44(54)55)40(46(37,45(49)56)28-12-5-2-6-13-28)34-18-17-32(23-38(34)50)57-25-26-9-3-1-4-10-26/h1-19,21-23,35-37,39-40,50H,20,24-25H2,(H,54,55). The number of carboxylic acid groups (broad SMARTS) is 1. The molecule has 4 amide bonds. The van der Waals surface area contributed by atoms with Gasteiger partial charge in [0.2, 0.25) is 23.6 Å². The zero-order chi connectivity index (χ0) is 39.6. The minimum atomic E-state index is -1.58. The average Bonchev–Trinajstić information content (AvgIpc) is 3.61. The number of halogens is 1. The summed E-state index contributed by atoms with van der Waals surface area (Å²) in [6.45, 7) is 0.249. The van der Waals surface area contributed by atoms with Crippen LogP contribution < -0.4 is 14.5 Å². The maximum absolute atomic E-state index is 15.5. The van der Waals surface area contributed by atoms with E-state index in [0.29, 0.717) is 33.2 Å². The van der Waals surface area contributed by atoms with Crippen molar-refractivity contribution < 1.29 is 38.9 Å². The number of hydrogen-bond donors (Lipinski definition) is 2. The van der Waals surface area contributed by atoms with Gasteiger partial charge in [-0.1, -0.05) is 102 Å². The van der Waals surface area contributed by atoms with E-state index in [-0.39, 0.29) is 36.4 Å². The monoisotopic (exact) mass is 778 g/mol. The van der Waals surface area contributed by atoms with E-state index in [9.17, 15) is 24.6 Å². The maximum Gasteiger partial charge on any atom is 0.335 e. The first kappa shape index (κ1) is 36.1. The van der Waals surface area contributed by atoms with Gasteiger partial charge in [-0.15, -0.1) is 0 Å². The Hall–Kier alpha value is -6.52. The van der Waals surface area contributed by atoms with Crippen molar-refractivity contribution in [2.24, 2.45) is 23.7 Å². The lowest BCUT2D eigenvalue weighted by Gasteiger charge is -2.50. The summed E-state index contributed by atoms with van der Waals surface area (Å²) in [5.41, 5.74) is 1.31. The van der Waals surface area contributed by atoms with Gasteiger partial charge >= 0.3 is 5.97 Å². The molecular formula is C46H35ClN2O8. The van der Waals surface area contributed by atoms with Gasteiger partial charge in [0.15, 0.2) is 0 Å². The first-order chi connectivity index (χ1) is 27.6. The molecule has 2 heterocycles. The number of imide groups is 2. The Morgan fingerprint density at radius 2 is 1.46 bits per heavy atom. The number of amides is 4. The van der Waals surface area contributed by atoms with Gasteiger partial charge in [0.25, 0.3) is 0 Å². The largest absolute Gasteiger partial charge is 0.508 e. The van der Waals surface area contributed by atoms with Gasteiger partial charge in [0, 0.05) is 22.6 Å². The molecule has 10 nitrogen and oxygen atoms in total. The molecule has 4 aliphatic rings. The summed E-state index contributed by atoms with van der Waals surface area (Å²) in [7, 11) is 0. The molecule has 0 aromatic heterocycles. The SMILES string of the molecule is O=C(O)c1cccc(N2C(=O)C3CC=C4C(CC5C(=O)N(c6cccc(Cl)c6)C(=O)C5(c5ccccc5)C4c4ccc(OCc5ccccc5)cc4O)C3C2=O)c1. The smallest absolute Gasteiger partial charge is 0.335 e. The van der Waals surface area contributed by atoms with Crippen LogP contribution in [0, 0.1) is 23.7 Å². The van der Waals surface area contributed by atoms with Crippen molar-refractivity contribution in [3.63, 3.8) is 0 Å². The molecule has 1 saturated carbocycles. The summed E-state index contributed by atoms with van der Waals surface area (Å²) in [4.78, 5) is 73.4. The summed E-state index contributed by atoms with van der Waals surface area (Å²) in [5.74, 6) is -7.31. The van der Waals surface area contributed by atoms with E-state index in [1.165, 1.54) is 35.2 Å². The summed E-state index contributed by atoms with van der Waals surface area (Å²) < 4.78 is 6.06. The Morgan fingerprint density at radius 3 is 2.16 bits per heavy atom. The van der Waals surface area contributed by atoms with Crippen LogP contribution in [0.25, 0.3) is 0 Å². The van der Waals surface area contributed by atoms with Crippen molar-refractivity contribution >= 4 is 52.6 Å². The first-order valence-corrected chi connectivity index (χ1v) is 19.1. The highest BCUT2D eigenvalue weighted by Crippen LogP contribution is 2.65. The van der Waals surface area contributed by atoms with E-state index >= 15 is 9.59 Å². The molecule has 5 aromatic carbocycles. The quantitative estimate of drug-likeness (QED) is 0.121. The van der Waals surface area contributed by atoms with Crippen LogP contribution >= 0.6 is 11.6 Å². The number of carboxylic acids is 1. The number of phenolic OH excluding ortho intramolecular Hbond substituents is 1. The highest BCUT2D eigenvalue weighted by molar-refractivity contribution is 6.32. The zero-order valence-electron chi connectivity index (χ0n) is 30.3. The minimum Gasteiger partial charge on any atom is -0.508 e. The highest BCUT2D eigenvalue weighted by atomic mass is 35.5. The van der Waals surface area contributed by atoms with Crippen LogP contribution in [0.4, 0.5) is 11.4 Å².